The Labute approximate surface area is 191 Å². The number of benzene rings is 3. The predicted octanol–water partition coefficient (Wildman–Crippen LogP) is 6.75. The minimum absolute atomic E-state index is 0.0948. The summed E-state index contributed by atoms with van der Waals surface area (Å²) in [5.41, 5.74) is 6.85. The van der Waals surface area contributed by atoms with Gasteiger partial charge >= 0.3 is 0 Å². The van der Waals surface area contributed by atoms with Crippen LogP contribution in [-0.4, -0.2) is 13.0 Å². The second-order valence-corrected chi connectivity index (χ2v) is 9.32. The second-order valence-electron chi connectivity index (χ2n) is 9.32. The average Bonchev–Trinajstić information content (AvgIpc) is 2.74. The first-order valence-corrected chi connectivity index (χ1v) is 10.9. The summed E-state index contributed by atoms with van der Waals surface area (Å²) in [4.78, 5) is 13.0. The Morgan fingerprint density at radius 2 is 1.53 bits per heavy atom. The van der Waals surface area contributed by atoms with Gasteiger partial charge in [-0.1, -0.05) is 50.6 Å². The van der Waals surface area contributed by atoms with Crippen molar-refractivity contribution in [3.8, 4) is 11.5 Å². The maximum atomic E-state index is 13.0. The van der Waals surface area contributed by atoms with Gasteiger partial charge in [-0.2, -0.15) is 0 Å². The largest absolute Gasteiger partial charge is 0.496 e. The summed E-state index contributed by atoms with van der Waals surface area (Å²) in [5, 5.41) is 3.06. The highest BCUT2D eigenvalue weighted by molar-refractivity contribution is 6.05. The molecule has 0 aliphatic heterocycles. The van der Waals surface area contributed by atoms with Gasteiger partial charge in [0.15, 0.2) is 0 Å². The van der Waals surface area contributed by atoms with Crippen molar-refractivity contribution in [2.24, 2.45) is 0 Å². The molecule has 32 heavy (non-hydrogen) atoms. The van der Waals surface area contributed by atoms with Crippen molar-refractivity contribution in [2.75, 3.05) is 12.4 Å². The molecule has 1 N–H and O–H groups in total. The normalized spacial score (nSPS) is 11.2. The smallest absolute Gasteiger partial charge is 0.255 e. The van der Waals surface area contributed by atoms with E-state index in [0.29, 0.717) is 17.9 Å². The maximum absolute atomic E-state index is 13.0. The van der Waals surface area contributed by atoms with Gasteiger partial charge < -0.3 is 14.8 Å². The van der Waals surface area contributed by atoms with E-state index in [2.05, 4.69) is 57.3 Å². The van der Waals surface area contributed by atoms with Crippen LogP contribution in [-0.2, 0) is 12.0 Å². The zero-order valence-electron chi connectivity index (χ0n) is 20.1. The van der Waals surface area contributed by atoms with Crippen LogP contribution in [0.2, 0.25) is 0 Å². The molecule has 0 fully saturated rings. The first kappa shape index (κ1) is 23.4. The van der Waals surface area contributed by atoms with Crippen molar-refractivity contribution < 1.29 is 14.3 Å². The molecule has 1 amide bonds. The van der Waals surface area contributed by atoms with Crippen LogP contribution < -0.4 is 14.8 Å². The van der Waals surface area contributed by atoms with Gasteiger partial charge in [0.2, 0.25) is 0 Å². The van der Waals surface area contributed by atoms with Gasteiger partial charge in [-0.3, -0.25) is 4.79 Å². The van der Waals surface area contributed by atoms with Crippen molar-refractivity contribution in [1.29, 1.82) is 0 Å². The molecule has 3 aromatic rings. The molecule has 3 aromatic carbocycles. The lowest BCUT2D eigenvalue weighted by atomic mass is 9.87. The molecular weight excluding hydrogens is 398 g/mol. The zero-order chi connectivity index (χ0) is 23.5. The van der Waals surface area contributed by atoms with Gasteiger partial charge in [-0.25, -0.2) is 0 Å². The third kappa shape index (κ3) is 5.50. The average molecular weight is 432 g/mol. The fraction of sp³-hybridized carbons (Fsp3) is 0.321. The minimum Gasteiger partial charge on any atom is -0.496 e. The molecule has 168 valence electrons. The van der Waals surface area contributed by atoms with E-state index in [1.807, 2.05) is 38.1 Å². The lowest BCUT2D eigenvalue weighted by molar-refractivity contribution is 0.102. The van der Waals surface area contributed by atoms with Crippen LogP contribution >= 0.6 is 0 Å². The molecule has 0 bridgehead atoms. The minimum atomic E-state index is -0.154. The molecule has 0 aromatic heterocycles. The Bertz CT molecular complexity index is 1090. The van der Waals surface area contributed by atoms with Crippen molar-refractivity contribution in [2.45, 2.75) is 53.6 Å². The lowest BCUT2D eigenvalue weighted by Gasteiger charge is -2.19. The Balaban J connectivity index is 1.77. The molecule has 0 radical (unpaired) electrons. The number of ether oxygens (including phenoxy) is 2. The molecule has 0 atom stereocenters. The van der Waals surface area contributed by atoms with Gasteiger partial charge in [-0.05, 0) is 73.2 Å². The topological polar surface area (TPSA) is 47.6 Å². The SMILES string of the molecule is COc1ccc(C(=O)Nc2c(C)cc(C)cc2C)cc1COc1ccc(C(C)(C)C)cc1. The highest BCUT2D eigenvalue weighted by atomic mass is 16.5. The number of hydrogen-bond donors (Lipinski definition) is 1. The first-order chi connectivity index (χ1) is 15.1. The Morgan fingerprint density at radius 1 is 0.906 bits per heavy atom. The molecule has 0 aliphatic carbocycles. The number of hydrogen-bond acceptors (Lipinski definition) is 3. The summed E-state index contributed by atoms with van der Waals surface area (Å²) in [6.07, 6.45) is 0. The van der Waals surface area contributed by atoms with Crippen molar-refractivity contribution in [3.63, 3.8) is 0 Å². The number of carbonyl (C=O) groups is 1. The molecule has 0 saturated heterocycles. The van der Waals surface area contributed by atoms with E-state index in [0.717, 1.165) is 28.1 Å². The Hall–Kier alpha value is -3.27. The summed E-state index contributed by atoms with van der Waals surface area (Å²) in [7, 11) is 1.62. The van der Waals surface area contributed by atoms with E-state index < -0.39 is 0 Å². The Kier molecular flexibility index (Phi) is 6.93. The van der Waals surface area contributed by atoms with E-state index in [9.17, 15) is 4.79 Å². The van der Waals surface area contributed by atoms with Gasteiger partial charge in [0.05, 0.1) is 7.11 Å². The van der Waals surface area contributed by atoms with Crippen LogP contribution in [0.4, 0.5) is 5.69 Å². The highest BCUT2D eigenvalue weighted by Crippen LogP contribution is 2.27. The van der Waals surface area contributed by atoms with E-state index in [-0.39, 0.29) is 11.3 Å². The lowest BCUT2D eigenvalue weighted by Crippen LogP contribution is -2.14. The van der Waals surface area contributed by atoms with Crippen LogP contribution in [0, 0.1) is 20.8 Å². The number of nitrogens with one attached hydrogen (secondary N) is 1. The fourth-order valence-corrected chi connectivity index (χ4v) is 3.81. The third-order valence-electron chi connectivity index (χ3n) is 5.57. The van der Waals surface area contributed by atoms with Crippen LogP contribution in [0.15, 0.2) is 54.6 Å². The second kappa shape index (κ2) is 9.47. The predicted molar refractivity (Wildman–Crippen MR) is 131 cm³/mol. The summed E-state index contributed by atoms with van der Waals surface area (Å²) < 4.78 is 11.5. The summed E-state index contributed by atoms with van der Waals surface area (Å²) in [6, 6.07) is 17.7. The van der Waals surface area contributed by atoms with Crippen LogP contribution in [0.3, 0.4) is 0 Å². The summed E-state index contributed by atoms with van der Waals surface area (Å²) in [6.45, 7) is 12.9. The molecule has 0 saturated carbocycles. The quantitative estimate of drug-likeness (QED) is 0.470. The maximum Gasteiger partial charge on any atom is 0.255 e. The fourth-order valence-electron chi connectivity index (χ4n) is 3.81. The van der Waals surface area contributed by atoms with E-state index in [1.165, 1.54) is 11.1 Å². The van der Waals surface area contributed by atoms with Crippen LogP contribution in [0.1, 0.15) is 58.9 Å². The molecule has 4 heteroatoms. The molecule has 0 unspecified atom stereocenters. The Morgan fingerprint density at radius 3 is 2.09 bits per heavy atom. The van der Waals surface area contributed by atoms with Gasteiger partial charge in [0.25, 0.3) is 5.91 Å². The zero-order valence-corrected chi connectivity index (χ0v) is 20.1. The van der Waals surface area contributed by atoms with Crippen molar-refractivity contribution in [1.82, 2.24) is 0 Å². The number of aryl methyl sites for hydroxylation is 3. The molecule has 0 aliphatic rings. The summed E-state index contributed by atoms with van der Waals surface area (Å²) in [5.74, 6) is 1.31. The van der Waals surface area contributed by atoms with Crippen LogP contribution in [0.5, 0.6) is 11.5 Å². The van der Waals surface area contributed by atoms with E-state index in [1.54, 1.807) is 13.2 Å². The van der Waals surface area contributed by atoms with E-state index in [4.69, 9.17) is 9.47 Å². The molecule has 3 rings (SSSR count). The number of amides is 1. The van der Waals surface area contributed by atoms with Crippen molar-refractivity contribution >= 4 is 11.6 Å². The number of carbonyl (C=O) groups excluding carboxylic acids is 1. The molecule has 4 nitrogen and oxygen atoms in total. The molecular formula is C28H33NO3. The van der Waals surface area contributed by atoms with Crippen LogP contribution in [0.25, 0.3) is 0 Å². The standard InChI is InChI=1S/C28H33NO3/c1-18-14-19(2)26(20(3)15-18)29-27(30)21-8-13-25(31-7)22(16-21)17-32-24-11-9-23(10-12-24)28(4,5)6/h8-16H,17H2,1-7H3,(H,29,30). The molecule has 0 heterocycles. The monoisotopic (exact) mass is 431 g/mol. The van der Waals surface area contributed by atoms with Gasteiger partial charge in [0.1, 0.15) is 18.1 Å². The molecule has 0 spiro atoms. The number of methoxy groups -OCH3 is 1. The highest BCUT2D eigenvalue weighted by Gasteiger charge is 2.15. The van der Waals surface area contributed by atoms with Gasteiger partial charge in [-0.15, -0.1) is 0 Å². The number of rotatable bonds is 6. The first-order valence-electron chi connectivity index (χ1n) is 10.9. The number of anilines is 1. The van der Waals surface area contributed by atoms with Crippen molar-refractivity contribution in [3.05, 3.63) is 88.0 Å². The summed E-state index contributed by atoms with van der Waals surface area (Å²) >= 11 is 0. The van der Waals surface area contributed by atoms with E-state index >= 15 is 0 Å². The van der Waals surface area contributed by atoms with Gasteiger partial charge in [0, 0.05) is 16.8 Å². The third-order valence-corrected chi connectivity index (χ3v) is 5.57.